The normalized spacial score (nSPS) is 14.7. The Balaban J connectivity index is 2.27. The Morgan fingerprint density at radius 3 is 2.50 bits per heavy atom. The van der Waals surface area contributed by atoms with Gasteiger partial charge in [-0.2, -0.15) is 4.98 Å². The molecule has 0 aliphatic heterocycles. The molecule has 2 aromatic rings. The Morgan fingerprint density at radius 2 is 1.88 bits per heavy atom. The highest BCUT2D eigenvalue weighted by atomic mass is 16.5. The van der Waals surface area contributed by atoms with E-state index >= 15 is 0 Å². The highest BCUT2D eigenvalue weighted by Gasteiger charge is 2.20. The Labute approximate surface area is 92.4 Å². The lowest BCUT2D eigenvalue weighted by Crippen LogP contribution is -2.11. The number of aliphatic hydroxyl groups excluding tert-OH is 1. The van der Waals surface area contributed by atoms with Crippen molar-refractivity contribution >= 4 is 0 Å². The van der Waals surface area contributed by atoms with Gasteiger partial charge in [0.1, 0.15) is 0 Å². The van der Waals surface area contributed by atoms with Crippen molar-refractivity contribution in [2.24, 2.45) is 0 Å². The lowest BCUT2D eigenvalue weighted by Gasteiger charge is -2.07. The van der Waals surface area contributed by atoms with Crippen LogP contribution in [0.2, 0.25) is 0 Å². The number of hydrogen-bond acceptors (Lipinski definition) is 6. The highest BCUT2D eigenvalue weighted by Crippen LogP contribution is 2.19. The molecule has 2 atom stereocenters. The van der Waals surface area contributed by atoms with E-state index in [-0.39, 0.29) is 5.92 Å². The molecular formula is C10H12N4O2. The maximum atomic E-state index is 9.40. The standard InChI is InChI=1S/C10H12N4O2/c1-6(7(2)15)10-13-9(14-16-10)8-11-4-3-5-12-8/h3-7,15H,1-2H3. The number of rotatable bonds is 3. The maximum Gasteiger partial charge on any atom is 0.240 e. The Hall–Kier alpha value is -1.82. The molecule has 0 radical (unpaired) electrons. The van der Waals surface area contributed by atoms with Gasteiger partial charge in [0.05, 0.1) is 12.0 Å². The molecule has 6 heteroatoms. The van der Waals surface area contributed by atoms with Crippen molar-refractivity contribution in [1.29, 1.82) is 0 Å². The summed E-state index contributed by atoms with van der Waals surface area (Å²) < 4.78 is 5.04. The molecule has 16 heavy (non-hydrogen) atoms. The molecule has 2 heterocycles. The second-order valence-corrected chi connectivity index (χ2v) is 3.56. The first-order valence-electron chi connectivity index (χ1n) is 4.97. The average Bonchev–Trinajstić information content (AvgIpc) is 2.78. The van der Waals surface area contributed by atoms with Crippen molar-refractivity contribution in [3.8, 4) is 11.6 Å². The van der Waals surface area contributed by atoms with Gasteiger partial charge in [-0.25, -0.2) is 9.97 Å². The van der Waals surface area contributed by atoms with Gasteiger partial charge in [-0.05, 0) is 13.0 Å². The average molecular weight is 220 g/mol. The van der Waals surface area contributed by atoms with Crippen LogP contribution in [-0.2, 0) is 0 Å². The molecule has 2 unspecified atom stereocenters. The zero-order valence-corrected chi connectivity index (χ0v) is 9.03. The van der Waals surface area contributed by atoms with E-state index in [1.807, 2.05) is 6.92 Å². The van der Waals surface area contributed by atoms with Crippen molar-refractivity contribution in [3.63, 3.8) is 0 Å². The predicted octanol–water partition coefficient (Wildman–Crippen LogP) is 1.01. The summed E-state index contributed by atoms with van der Waals surface area (Å²) in [5, 5.41) is 13.2. The third kappa shape index (κ3) is 2.06. The molecule has 2 aromatic heterocycles. The van der Waals surface area contributed by atoms with E-state index in [0.29, 0.717) is 17.5 Å². The molecule has 0 fully saturated rings. The van der Waals surface area contributed by atoms with E-state index in [4.69, 9.17) is 4.52 Å². The molecular weight excluding hydrogens is 208 g/mol. The third-order valence-electron chi connectivity index (χ3n) is 2.32. The van der Waals surface area contributed by atoms with Crippen LogP contribution >= 0.6 is 0 Å². The van der Waals surface area contributed by atoms with Crippen molar-refractivity contribution in [2.75, 3.05) is 0 Å². The van der Waals surface area contributed by atoms with Crippen LogP contribution in [-0.4, -0.2) is 31.3 Å². The van der Waals surface area contributed by atoms with Crippen LogP contribution in [0, 0.1) is 0 Å². The first-order valence-corrected chi connectivity index (χ1v) is 4.97. The molecule has 0 aliphatic carbocycles. The minimum absolute atomic E-state index is 0.204. The van der Waals surface area contributed by atoms with Gasteiger partial charge < -0.3 is 9.63 Å². The van der Waals surface area contributed by atoms with Crippen LogP contribution < -0.4 is 0 Å². The minimum Gasteiger partial charge on any atom is -0.393 e. The second-order valence-electron chi connectivity index (χ2n) is 3.56. The van der Waals surface area contributed by atoms with Gasteiger partial charge in [-0.15, -0.1) is 0 Å². The molecule has 2 rings (SSSR count). The Morgan fingerprint density at radius 1 is 1.19 bits per heavy atom. The lowest BCUT2D eigenvalue weighted by atomic mass is 10.1. The van der Waals surface area contributed by atoms with Gasteiger partial charge in [0.15, 0.2) is 0 Å². The molecule has 0 saturated carbocycles. The van der Waals surface area contributed by atoms with E-state index in [2.05, 4.69) is 20.1 Å². The molecule has 0 aromatic carbocycles. The summed E-state index contributed by atoms with van der Waals surface area (Å²) in [6.45, 7) is 3.49. The summed E-state index contributed by atoms with van der Waals surface area (Å²) in [7, 11) is 0. The second kappa shape index (κ2) is 4.36. The van der Waals surface area contributed by atoms with Crippen molar-refractivity contribution in [3.05, 3.63) is 24.4 Å². The topological polar surface area (TPSA) is 84.9 Å². The summed E-state index contributed by atoms with van der Waals surface area (Å²) >= 11 is 0. The molecule has 0 bridgehead atoms. The summed E-state index contributed by atoms with van der Waals surface area (Å²) in [5.41, 5.74) is 0. The van der Waals surface area contributed by atoms with Gasteiger partial charge in [0, 0.05) is 12.4 Å². The molecule has 0 spiro atoms. The maximum absolute atomic E-state index is 9.40. The number of aromatic nitrogens is 4. The van der Waals surface area contributed by atoms with E-state index in [1.54, 1.807) is 25.4 Å². The van der Waals surface area contributed by atoms with Crippen molar-refractivity contribution in [1.82, 2.24) is 20.1 Å². The first kappa shape index (κ1) is 10.7. The van der Waals surface area contributed by atoms with Gasteiger partial charge in [0.2, 0.25) is 17.5 Å². The molecule has 6 nitrogen and oxygen atoms in total. The summed E-state index contributed by atoms with van der Waals surface area (Å²) in [6.07, 6.45) is 2.68. The summed E-state index contributed by atoms with van der Waals surface area (Å²) in [4.78, 5) is 12.2. The SMILES string of the molecule is CC(O)C(C)c1nc(-c2ncccn2)no1. The lowest BCUT2D eigenvalue weighted by molar-refractivity contribution is 0.151. The van der Waals surface area contributed by atoms with Crippen molar-refractivity contribution < 1.29 is 9.63 Å². The predicted molar refractivity (Wildman–Crippen MR) is 55.4 cm³/mol. The quantitative estimate of drug-likeness (QED) is 0.830. The third-order valence-corrected chi connectivity index (χ3v) is 2.32. The molecule has 0 saturated heterocycles. The number of nitrogens with zero attached hydrogens (tertiary/aromatic N) is 4. The van der Waals surface area contributed by atoms with E-state index < -0.39 is 6.10 Å². The molecule has 84 valence electrons. The van der Waals surface area contributed by atoms with E-state index in [1.165, 1.54) is 0 Å². The fourth-order valence-electron chi connectivity index (χ4n) is 1.13. The van der Waals surface area contributed by atoms with Gasteiger partial charge in [-0.1, -0.05) is 12.1 Å². The van der Waals surface area contributed by atoms with Crippen LogP contribution in [0.1, 0.15) is 25.7 Å². The Kier molecular flexibility index (Phi) is 2.91. The zero-order chi connectivity index (χ0) is 11.5. The molecule has 1 N–H and O–H groups in total. The van der Waals surface area contributed by atoms with Crippen LogP contribution in [0.15, 0.2) is 23.0 Å². The van der Waals surface area contributed by atoms with Crippen LogP contribution in [0.3, 0.4) is 0 Å². The van der Waals surface area contributed by atoms with E-state index in [0.717, 1.165) is 0 Å². The smallest absolute Gasteiger partial charge is 0.240 e. The first-order chi connectivity index (χ1) is 7.68. The van der Waals surface area contributed by atoms with E-state index in [9.17, 15) is 5.11 Å². The summed E-state index contributed by atoms with van der Waals surface area (Å²) in [6, 6.07) is 1.71. The largest absolute Gasteiger partial charge is 0.393 e. The number of hydrogen-bond donors (Lipinski definition) is 1. The zero-order valence-electron chi connectivity index (χ0n) is 9.03. The fourth-order valence-corrected chi connectivity index (χ4v) is 1.13. The van der Waals surface area contributed by atoms with Crippen LogP contribution in [0.5, 0.6) is 0 Å². The molecule has 0 aliphatic rings. The van der Waals surface area contributed by atoms with Gasteiger partial charge >= 0.3 is 0 Å². The fraction of sp³-hybridized carbons (Fsp3) is 0.400. The van der Waals surface area contributed by atoms with Crippen LogP contribution in [0.25, 0.3) is 11.6 Å². The summed E-state index contributed by atoms with van der Waals surface area (Å²) in [5.74, 6) is 0.931. The van der Waals surface area contributed by atoms with Crippen molar-refractivity contribution in [2.45, 2.75) is 25.9 Å². The monoisotopic (exact) mass is 220 g/mol. The van der Waals surface area contributed by atoms with Gasteiger partial charge in [0.25, 0.3) is 0 Å². The minimum atomic E-state index is -0.537. The molecule has 0 amide bonds. The highest BCUT2D eigenvalue weighted by molar-refractivity contribution is 5.40. The van der Waals surface area contributed by atoms with Crippen LogP contribution in [0.4, 0.5) is 0 Å². The number of aliphatic hydroxyl groups is 1. The van der Waals surface area contributed by atoms with Gasteiger partial charge in [-0.3, -0.25) is 0 Å². The Bertz CT molecular complexity index is 455.